The first-order valence-electron chi connectivity index (χ1n) is 37.2. The smallest absolute Gasteiger partial charge is 0.340 e. The molecule has 29 N–H and O–H groups in total. The van der Waals surface area contributed by atoms with Crippen molar-refractivity contribution in [2.45, 2.75) is 92.1 Å². The maximum absolute atomic E-state index is 15.0. The Hall–Kier alpha value is -17.5. The third kappa shape index (κ3) is 20.0. The number of phenols is 27. The molecule has 133 heavy (non-hydrogen) atoms. The highest BCUT2D eigenvalue weighted by molar-refractivity contribution is 5.97. The third-order valence-electron chi connectivity index (χ3n) is 19.7. The zero-order valence-corrected chi connectivity index (χ0v) is 66.0. The van der Waals surface area contributed by atoms with Crippen LogP contribution in [0.1, 0.15) is 93.2 Å². The Morgan fingerprint density at radius 3 is 0.579 bits per heavy atom. The Balaban J connectivity index is 1.06. The predicted molar refractivity (Wildman–Crippen MR) is 413 cm³/mol. The minimum absolute atomic E-state index is 0.352. The molecule has 0 bridgehead atoms. The fraction of sp³-hybridized carbons (Fsp3) is 0.222. The van der Waals surface area contributed by atoms with Gasteiger partial charge < -0.3 is 214 Å². The van der Waals surface area contributed by atoms with Crippen LogP contribution in [0.5, 0.6) is 155 Å². The molecular weight excluding hydrogens is 1800 g/mol. The van der Waals surface area contributed by atoms with Crippen molar-refractivity contribution in [2.75, 3.05) is 19.8 Å². The number of carbonyl (C=O) groups is 9. The minimum Gasteiger partial charge on any atom is -0.504 e. The molecule has 15 atom stereocenters. The van der Waals surface area contributed by atoms with E-state index >= 15 is 4.79 Å². The van der Waals surface area contributed by atoms with Crippen molar-refractivity contribution in [1.82, 2.24) is 0 Å². The quantitative estimate of drug-likeness (QED) is 0.0218. The van der Waals surface area contributed by atoms with Gasteiger partial charge in [0.1, 0.15) is 62.5 Å². The third-order valence-corrected chi connectivity index (χ3v) is 19.7. The maximum atomic E-state index is 15.0. The van der Waals surface area contributed by atoms with Crippen LogP contribution in [-0.2, 0) is 66.3 Å². The topological polar surface area (TPSA) is 870 Å². The van der Waals surface area contributed by atoms with Crippen LogP contribution in [-0.4, -0.2) is 314 Å². The van der Waals surface area contributed by atoms with Crippen molar-refractivity contribution in [1.29, 1.82) is 0 Å². The summed E-state index contributed by atoms with van der Waals surface area (Å²) in [6.45, 7) is -4.91. The summed E-state index contributed by atoms with van der Waals surface area (Å²) in [5, 5.41) is 310. The molecule has 12 rings (SSSR count). The zero-order chi connectivity index (χ0) is 97.4. The SMILES string of the molecule is O=C(OC[C@H]1O[C@@H](OC(=O)c2cc(O)c(O)c(O)c2)[C@H](OC(=O)c2cc(O)c(O)c(O)c2)[C@@H](O)[C@@H]1O[C@H]1O[C@H](COC(=O)c2cc(O)c(O)c(O)c2)[C@@H](O[C@H]2O[C@H](COC(=O)c3cc(O)c(O)c(O)c3)[C@@H](OC(=O)c3cc(O)c(O)c(O)c3)[C@H](OC(=O)c3cc(O)c(O)c(O)c3)[C@H]2OC(=O)c2cc(O)c(O)c(O)c2)[C@H](O)[C@H]1OC(=O)c1cc(O)c(O)c(O)c1)c1cc(O)c(O)c(O)c1. The molecule has 52 heteroatoms. The Bertz CT molecular complexity index is 5930. The molecule has 52 nitrogen and oxygen atoms in total. The van der Waals surface area contributed by atoms with E-state index in [1.54, 1.807) is 0 Å². The van der Waals surface area contributed by atoms with Gasteiger partial charge in [0.05, 0.1) is 50.1 Å². The van der Waals surface area contributed by atoms with Gasteiger partial charge in [-0.1, -0.05) is 0 Å². The van der Waals surface area contributed by atoms with Crippen LogP contribution in [0.3, 0.4) is 0 Å². The largest absolute Gasteiger partial charge is 0.504 e. The Kier molecular flexibility index (Phi) is 26.9. The Morgan fingerprint density at radius 2 is 0.353 bits per heavy atom. The van der Waals surface area contributed by atoms with Gasteiger partial charge in [-0.3, -0.25) is 0 Å². The minimum atomic E-state index is -3.21. The standard InChI is InChI=1S/C81H68O52/c82-31-1-22(2-32(83)52(31)100)70(111)120-19-49-64(132-81-69(130-77(118)29-15-45(96)59(107)46(97)16-29)68(129-76(117)28-13-43(94)58(106)44(95)14-28)65(126-73(114)25-7-37(88)55(103)38(89)8-25)51(125-81)21-122-72(113)24-5-35(86)54(102)36(87)6-24)61(109)66(127-74(115)26-9-39(90)56(104)40(91)10-26)79(123-49)131-63-50(20-121-71(112)23-3-33(84)53(101)34(85)4-23)124-80(133-78(119)30-17-47(98)60(108)48(99)18-30)67(62(63)110)128-75(116)27-11-41(92)57(105)42(93)12-27/h1-18,49-51,61-69,79-110H,19-21H2/t49-,50-,51-,61+,62+,63-,64-,65-,66-,67-,68+,69-,79-,80+,81-/m1/s1. The van der Waals surface area contributed by atoms with Crippen LogP contribution in [0.2, 0.25) is 0 Å². The highest BCUT2D eigenvalue weighted by Gasteiger charge is 2.60. The summed E-state index contributed by atoms with van der Waals surface area (Å²) in [5.41, 5.74) is -9.03. The normalized spacial score (nSPS) is 21.5. The van der Waals surface area contributed by atoms with Crippen molar-refractivity contribution >= 4 is 53.7 Å². The van der Waals surface area contributed by atoms with Crippen molar-refractivity contribution < 1.29 is 258 Å². The van der Waals surface area contributed by atoms with Gasteiger partial charge in [0.25, 0.3) is 0 Å². The van der Waals surface area contributed by atoms with Crippen molar-refractivity contribution in [3.05, 3.63) is 159 Å². The van der Waals surface area contributed by atoms with Crippen LogP contribution >= 0.6 is 0 Å². The van der Waals surface area contributed by atoms with E-state index < -0.39 is 371 Å². The van der Waals surface area contributed by atoms with Gasteiger partial charge >= 0.3 is 53.7 Å². The monoisotopic (exact) mass is 1870 g/mol. The number of aromatic hydroxyl groups is 27. The summed E-state index contributed by atoms with van der Waals surface area (Å²) < 4.78 is 82.4. The second-order valence-corrected chi connectivity index (χ2v) is 28.6. The number of phenolic OH excluding ortho intramolecular Hbond substituents is 27. The average molecular weight is 1870 g/mol. The molecule has 0 amide bonds. The van der Waals surface area contributed by atoms with Crippen LogP contribution in [0, 0.1) is 0 Å². The molecule has 3 saturated heterocycles. The van der Waals surface area contributed by atoms with Crippen molar-refractivity contribution in [3.63, 3.8) is 0 Å². The molecular formula is C81H68O52. The average Bonchev–Trinajstić information content (AvgIpc) is 0.757. The van der Waals surface area contributed by atoms with Gasteiger partial charge in [-0.2, -0.15) is 0 Å². The molecule has 3 aliphatic rings. The fourth-order valence-corrected chi connectivity index (χ4v) is 13.0. The number of aliphatic hydroxyl groups is 2. The van der Waals surface area contributed by atoms with Gasteiger partial charge in [0, 0.05) is 0 Å². The van der Waals surface area contributed by atoms with E-state index in [2.05, 4.69) is 0 Å². The fourth-order valence-electron chi connectivity index (χ4n) is 13.0. The summed E-state index contributed by atoms with van der Waals surface area (Å²) in [5.74, 6) is -51.4. The van der Waals surface area contributed by atoms with E-state index in [1.165, 1.54) is 0 Å². The summed E-state index contributed by atoms with van der Waals surface area (Å²) in [6, 6.07) is 7.39. The summed E-state index contributed by atoms with van der Waals surface area (Å²) >= 11 is 0. The van der Waals surface area contributed by atoms with Crippen LogP contribution in [0.4, 0.5) is 0 Å². The van der Waals surface area contributed by atoms with Crippen LogP contribution < -0.4 is 0 Å². The molecule has 0 saturated carbocycles. The highest BCUT2D eigenvalue weighted by Crippen LogP contribution is 2.47. The lowest BCUT2D eigenvalue weighted by molar-refractivity contribution is -0.375. The van der Waals surface area contributed by atoms with Crippen LogP contribution in [0.25, 0.3) is 0 Å². The van der Waals surface area contributed by atoms with E-state index in [0.29, 0.717) is 109 Å². The molecule has 9 aromatic rings. The summed E-state index contributed by atoms with van der Waals surface area (Å²) in [6.07, 6.45) is -44.0. The van der Waals surface area contributed by atoms with Crippen molar-refractivity contribution in [3.8, 4) is 155 Å². The van der Waals surface area contributed by atoms with Gasteiger partial charge in [0.2, 0.25) is 6.29 Å². The number of benzene rings is 9. The number of hydrogen-bond acceptors (Lipinski definition) is 52. The molecule has 0 unspecified atom stereocenters. The molecule has 0 aromatic heterocycles. The van der Waals surface area contributed by atoms with Gasteiger partial charge in [-0.05, 0) is 109 Å². The molecule has 0 radical (unpaired) electrons. The van der Waals surface area contributed by atoms with E-state index in [4.69, 9.17) is 66.3 Å². The number of carbonyl (C=O) groups excluding carboxylic acids is 9. The van der Waals surface area contributed by atoms with Gasteiger partial charge in [-0.15, -0.1) is 0 Å². The van der Waals surface area contributed by atoms with E-state index in [-0.39, 0.29) is 0 Å². The van der Waals surface area contributed by atoms with E-state index in [9.17, 15) is 186 Å². The Labute approximate surface area is 735 Å². The number of hydrogen-bond donors (Lipinski definition) is 29. The molecule has 3 heterocycles. The highest BCUT2D eigenvalue weighted by atomic mass is 16.8. The molecule has 3 fully saturated rings. The lowest BCUT2D eigenvalue weighted by Gasteiger charge is -2.49. The molecule has 9 aromatic carbocycles. The molecule has 0 spiro atoms. The summed E-state index contributed by atoms with van der Waals surface area (Å²) in [4.78, 5) is 131. The number of ether oxygens (including phenoxy) is 14. The number of rotatable bonds is 25. The second-order valence-electron chi connectivity index (χ2n) is 28.6. The second kappa shape index (κ2) is 37.8. The number of esters is 9. The van der Waals surface area contributed by atoms with Crippen LogP contribution in [0.15, 0.2) is 109 Å². The zero-order valence-electron chi connectivity index (χ0n) is 66.0. The molecule has 3 aliphatic heterocycles. The molecule has 704 valence electrons. The molecule has 0 aliphatic carbocycles. The first kappa shape index (κ1) is 94.7. The van der Waals surface area contributed by atoms with E-state index in [1.807, 2.05) is 0 Å². The first-order valence-corrected chi connectivity index (χ1v) is 37.2. The maximum Gasteiger partial charge on any atom is 0.340 e. The Morgan fingerprint density at radius 1 is 0.195 bits per heavy atom. The first-order chi connectivity index (χ1) is 62.6. The lowest BCUT2D eigenvalue weighted by atomic mass is 9.95. The summed E-state index contributed by atoms with van der Waals surface area (Å²) in [7, 11) is 0. The van der Waals surface area contributed by atoms with E-state index in [0.717, 1.165) is 0 Å². The van der Waals surface area contributed by atoms with Gasteiger partial charge in [0.15, 0.2) is 198 Å². The number of aliphatic hydroxyl groups excluding tert-OH is 2. The van der Waals surface area contributed by atoms with Crippen molar-refractivity contribution in [2.24, 2.45) is 0 Å². The van der Waals surface area contributed by atoms with Gasteiger partial charge in [-0.25, -0.2) is 43.2 Å². The predicted octanol–water partition coefficient (Wildman–Crippen LogP) is 1.26. The lowest BCUT2D eigenvalue weighted by Crippen LogP contribution is -2.68.